The van der Waals surface area contributed by atoms with Gasteiger partial charge in [0.05, 0.1) is 13.2 Å². The van der Waals surface area contributed by atoms with Crippen LogP contribution >= 0.6 is 0 Å². The number of methoxy groups -OCH3 is 1. The molecule has 0 bridgehead atoms. The molecule has 1 amide bonds. The molecule has 1 aliphatic rings. The predicted octanol–water partition coefficient (Wildman–Crippen LogP) is 4.74. The van der Waals surface area contributed by atoms with Crippen LogP contribution < -0.4 is 4.74 Å². The van der Waals surface area contributed by atoms with Crippen molar-refractivity contribution in [1.82, 2.24) is 9.88 Å². The topological polar surface area (TPSA) is 82.6 Å². The summed E-state index contributed by atoms with van der Waals surface area (Å²) in [7, 11) is 1.60. The summed E-state index contributed by atoms with van der Waals surface area (Å²) in [4.78, 5) is 31.1. The number of para-hydroxylation sites is 1. The van der Waals surface area contributed by atoms with E-state index in [1.807, 2.05) is 54.7 Å². The van der Waals surface area contributed by atoms with Gasteiger partial charge in [-0.2, -0.15) is 0 Å². The molecule has 0 radical (unpaired) electrons. The average Bonchev–Trinajstić information content (AvgIpc) is 3.24. The number of carboxylic acid groups (broad SMARTS) is 1. The number of hydrogen-bond donors (Lipinski definition) is 2. The van der Waals surface area contributed by atoms with Crippen molar-refractivity contribution in [3.8, 4) is 5.75 Å². The third-order valence-corrected chi connectivity index (χ3v) is 6.16. The van der Waals surface area contributed by atoms with Crippen molar-refractivity contribution in [2.24, 2.45) is 0 Å². The van der Waals surface area contributed by atoms with Crippen molar-refractivity contribution in [1.29, 1.82) is 0 Å². The Hall–Kier alpha value is -4.06. The molecular weight excluding hydrogens is 404 g/mol. The van der Waals surface area contributed by atoms with Crippen LogP contribution in [0.5, 0.6) is 5.75 Å². The Balaban J connectivity index is 1.69. The Morgan fingerprint density at radius 1 is 1.00 bits per heavy atom. The number of ether oxygens (including phenoxy) is 1. The summed E-state index contributed by atoms with van der Waals surface area (Å²) in [5, 5.41) is 11.2. The molecule has 2 N–H and O–H groups in total. The molecule has 2 heterocycles. The number of nitrogens with one attached hydrogen (secondary N) is 1. The highest BCUT2D eigenvalue weighted by molar-refractivity contribution is 6.01. The molecule has 4 aromatic rings. The Bertz CT molecular complexity index is 1310. The van der Waals surface area contributed by atoms with Crippen LogP contribution in [0.3, 0.4) is 0 Å². The van der Waals surface area contributed by atoms with Crippen LogP contribution in [0.25, 0.3) is 10.9 Å². The van der Waals surface area contributed by atoms with Gasteiger partial charge < -0.3 is 19.7 Å². The van der Waals surface area contributed by atoms with Crippen LogP contribution in [-0.2, 0) is 11.3 Å². The Morgan fingerprint density at radius 2 is 1.72 bits per heavy atom. The molecule has 0 aliphatic carbocycles. The first kappa shape index (κ1) is 19.9. The highest BCUT2D eigenvalue weighted by Gasteiger charge is 2.45. The maximum absolute atomic E-state index is 13.7. The minimum absolute atomic E-state index is 0.177. The predicted molar refractivity (Wildman–Crippen MR) is 121 cm³/mol. The largest absolute Gasteiger partial charge is 0.497 e. The zero-order chi connectivity index (χ0) is 22.2. The quantitative estimate of drug-likeness (QED) is 0.483. The number of carbonyl (C=O) groups is 2. The number of carbonyl (C=O) groups excluding carboxylic acids is 1. The lowest BCUT2D eigenvalue weighted by Crippen LogP contribution is -2.44. The molecule has 6 nitrogen and oxygen atoms in total. The highest BCUT2D eigenvalue weighted by Crippen LogP contribution is 2.45. The first-order valence-corrected chi connectivity index (χ1v) is 10.4. The number of nitrogens with zero attached hydrogens (tertiary/aromatic N) is 1. The van der Waals surface area contributed by atoms with E-state index in [1.165, 1.54) is 0 Å². The van der Waals surface area contributed by atoms with E-state index in [4.69, 9.17) is 4.74 Å². The van der Waals surface area contributed by atoms with Crippen LogP contribution in [0, 0.1) is 0 Å². The lowest BCUT2D eigenvalue weighted by atomic mass is 9.79. The smallest absolute Gasteiger partial charge is 0.313 e. The minimum Gasteiger partial charge on any atom is -0.497 e. The number of rotatable bonds is 5. The SMILES string of the molecule is COc1ccc(CN2C(=O)c3ccccc3C(C(=O)O)C2c2c[nH]c3ccccc23)cc1. The van der Waals surface area contributed by atoms with Crippen LogP contribution in [0.15, 0.2) is 79.0 Å². The number of aromatic nitrogens is 1. The maximum atomic E-state index is 13.7. The first-order valence-electron chi connectivity index (χ1n) is 10.4. The molecule has 2 unspecified atom stereocenters. The van der Waals surface area contributed by atoms with Crippen LogP contribution in [0.4, 0.5) is 0 Å². The Kier molecular flexibility index (Phi) is 4.90. The van der Waals surface area contributed by atoms with Crippen molar-refractivity contribution in [2.75, 3.05) is 7.11 Å². The molecule has 3 aromatic carbocycles. The van der Waals surface area contributed by atoms with Gasteiger partial charge in [0.2, 0.25) is 0 Å². The summed E-state index contributed by atoms with van der Waals surface area (Å²) in [5.74, 6) is -1.30. The van der Waals surface area contributed by atoms with E-state index < -0.39 is 17.9 Å². The lowest BCUT2D eigenvalue weighted by Gasteiger charge is -2.40. The number of aromatic amines is 1. The molecular formula is C26H22N2O4. The fourth-order valence-corrected chi connectivity index (χ4v) is 4.65. The van der Waals surface area contributed by atoms with Crippen LogP contribution in [0.2, 0.25) is 0 Å². The van der Waals surface area contributed by atoms with Gasteiger partial charge in [-0.25, -0.2) is 0 Å². The van der Waals surface area contributed by atoms with Gasteiger partial charge >= 0.3 is 5.97 Å². The van der Waals surface area contributed by atoms with E-state index in [0.29, 0.717) is 11.1 Å². The van der Waals surface area contributed by atoms with E-state index in [9.17, 15) is 14.7 Å². The number of fused-ring (bicyclic) bond motifs is 2. The molecule has 1 aliphatic heterocycles. The van der Waals surface area contributed by atoms with Gasteiger partial charge in [-0.3, -0.25) is 9.59 Å². The second-order valence-corrected chi connectivity index (χ2v) is 7.92. The summed E-state index contributed by atoms with van der Waals surface area (Å²) in [6.45, 7) is 0.283. The molecule has 0 saturated carbocycles. The summed E-state index contributed by atoms with van der Waals surface area (Å²) in [6, 6.07) is 21.6. The number of hydrogen-bond acceptors (Lipinski definition) is 3. The molecule has 1 aromatic heterocycles. The molecule has 32 heavy (non-hydrogen) atoms. The third kappa shape index (κ3) is 3.21. The van der Waals surface area contributed by atoms with E-state index >= 15 is 0 Å². The third-order valence-electron chi connectivity index (χ3n) is 6.16. The number of aliphatic carboxylic acids is 1. The lowest BCUT2D eigenvalue weighted by molar-refractivity contribution is -0.140. The molecule has 6 heteroatoms. The summed E-state index contributed by atoms with van der Waals surface area (Å²) in [6.07, 6.45) is 1.83. The number of amides is 1. The van der Waals surface area contributed by atoms with E-state index in [2.05, 4.69) is 4.98 Å². The molecule has 0 spiro atoms. The fraction of sp³-hybridized carbons (Fsp3) is 0.154. The van der Waals surface area contributed by atoms with E-state index in [-0.39, 0.29) is 12.5 Å². The fourth-order valence-electron chi connectivity index (χ4n) is 4.65. The second kappa shape index (κ2) is 7.89. The van der Waals surface area contributed by atoms with Crippen LogP contribution in [0.1, 0.15) is 39.0 Å². The Labute approximate surface area is 185 Å². The van der Waals surface area contributed by atoms with Crippen molar-refractivity contribution in [3.63, 3.8) is 0 Å². The van der Waals surface area contributed by atoms with E-state index in [0.717, 1.165) is 27.8 Å². The highest BCUT2D eigenvalue weighted by atomic mass is 16.5. The normalized spacial score (nSPS) is 17.9. The monoisotopic (exact) mass is 426 g/mol. The van der Waals surface area contributed by atoms with Gasteiger partial charge in [0.15, 0.2) is 0 Å². The maximum Gasteiger partial charge on any atom is 0.313 e. The Morgan fingerprint density at radius 3 is 2.47 bits per heavy atom. The number of benzene rings is 3. The zero-order valence-corrected chi connectivity index (χ0v) is 17.5. The molecule has 2 atom stereocenters. The molecule has 0 fully saturated rings. The zero-order valence-electron chi connectivity index (χ0n) is 17.5. The molecule has 5 rings (SSSR count). The van der Waals surface area contributed by atoms with Crippen LogP contribution in [-0.4, -0.2) is 34.0 Å². The van der Waals surface area contributed by atoms with Crippen molar-refractivity contribution in [2.45, 2.75) is 18.5 Å². The van der Waals surface area contributed by atoms with Gasteiger partial charge in [-0.15, -0.1) is 0 Å². The van der Waals surface area contributed by atoms with Gasteiger partial charge in [0.25, 0.3) is 5.91 Å². The van der Waals surface area contributed by atoms with E-state index in [1.54, 1.807) is 36.3 Å². The van der Waals surface area contributed by atoms with Crippen molar-refractivity contribution in [3.05, 3.63) is 101 Å². The number of carboxylic acids is 1. The summed E-state index contributed by atoms with van der Waals surface area (Å²) in [5.41, 5.74) is 3.58. The van der Waals surface area contributed by atoms with Gasteiger partial charge in [0.1, 0.15) is 11.7 Å². The van der Waals surface area contributed by atoms with Gasteiger partial charge in [-0.05, 0) is 35.4 Å². The minimum atomic E-state index is -0.958. The van der Waals surface area contributed by atoms with Crippen molar-refractivity contribution >= 4 is 22.8 Å². The molecule has 160 valence electrons. The number of H-pyrrole nitrogens is 1. The second-order valence-electron chi connectivity index (χ2n) is 7.92. The first-order chi connectivity index (χ1) is 15.6. The standard InChI is InChI=1S/C26H22N2O4/c1-32-17-12-10-16(11-13-17)15-28-24(21-14-27-22-9-5-4-6-18(21)22)23(26(30)31)19-7-2-3-8-20(19)25(28)29/h2-14,23-24,27H,15H2,1H3,(H,30,31). The molecule has 0 saturated heterocycles. The summed E-state index contributed by atoms with van der Waals surface area (Å²) < 4.78 is 5.24. The average molecular weight is 426 g/mol. The summed E-state index contributed by atoms with van der Waals surface area (Å²) >= 11 is 0. The van der Waals surface area contributed by atoms with Gasteiger partial charge in [0, 0.05) is 34.8 Å². The van der Waals surface area contributed by atoms with Crippen molar-refractivity contribution < 1.29 is 19.4 Å². The van der Waals surface area contributed by atoms with Gasteiger partial charge in [-0.1, -0.05) is 48.5 Å².